The third kappa shape index (κ3) is 0.902. The summed E-state index contributed by atoms with van der Waals surface area (Å²) < 4.78 is 1.91. The van der Waals surface area contributed by atoms with Gasteiger partial charge in [0.25, 0.3) is 0 Å². The van der Waals surface area contributed by atoms with Gasteiger partial charge in [0, 0.05) is 6.20 Å². The lowest BCUT2D eigenvalue weighted by Gasteiger charge is -1.86. The van der Waals surface area contributed by atoms with E-state index in [1.54, 1.807) is 0 Å². The average molecular weight is 145 g/mol. The van der Waals surface area contributed by atoms with Crippen LogP contribution < -0.4 is 0 Å². The Morgan fingerprint density at radius 2 is 2.36 bits per heavy atom. The van der Waals surface area contributed by atoms with Crippen molar-refractivity contribution in [3.8, 4) is 0 Å². The van der Waals surface area contributed by atoms with Crippen molar-refractivity contribution in [3.05, 3.63) is 30.6 Å². The number of aliphatic imine (C=N–C) groups is 1. The van der Waals surface area contributed by atoms with E-state index < -0.39 is 0 Å². The molecule has 0 unspecified atom stereocenters. The second kappa shape index (κ2) is 2.20. The minimum Gasteiger partial charge on any atom is -0.305 e. The van der Waals surface area contributed by atoms with Crippen molar-refractivity contribution in [2.24, 2.45) is 4.99 Å². The summed E-state index contributed by atoms with van der Waals surface area (Å²) in [4.78, 5) is 7.89. The molecule has 0 bridgehead atoms. The van der Waals surface area contributed by atoms with E-state index in [1.165, 1.54) is 0 Å². The van der Waals surface area contributed by atoms with Crippen molar-refractivity contribution < 1.29 is 0 Å². The summed E-state index contributed by atoms with van der Waals surface area (Å²) in [5.74, 6) is 0.663. The predicted octanol–water partition coefficient (Wildman–Crippen LogP) is 1.67. The Bertz CT molecular complexity index is 356. The largest absolute Gasteiger partial charge is 0.305 e. The molecule has 0 saturated carbocycles. The summed E-state index contributed by atoms with van der Waals surface area (Å²) in [6, 6.07) is 5.81. The fourth-order valence-electron chi connectivity index (χ4n) is 0.997. The molecule has 2 rings (SSSR count). The quantitative estimate of drug-likeness (QED) is 0.561. The van der Waals surface area contributed by atoms with Gasteiger partial charge in [-0.15, -0.1) is 0 Å². The Kier molecular flexibility index (Phi) is 1.22. The summed E-state index contributed by atoms with van der Waals surface area (Å²) >= 11 is 0. The number of aromatic nitrogens is 2. The first-order valence-electron chi connectivity index (χ1n) is 3.30. The first kappa shape index (κ1) is 6.09. The van der Waals surface area contributed by atoms with Crippen molar-refractivity contribution in [2.75, 3.05) is 0 Å². The first-order chi connectivity index (χ1) is 5.40. The molecule has 0 aliphatic heterocycles. The van der Waals surface area contributed by atoms with Gasteiger partial charge in [-0.05, 0) is 18.9 Å². The Morgan fingerprint density at radius 1 is 1.45 bits per heavy atom. The molecule has 2 aromatic heterocycles. The van der Waals surface area contributed by atoms with Gasteiger partial charge in [0.2, 0.25) is 0 Å². The molecule has 11 heavy (non-hydrogen) atoms. The van der Waals surface area contributed by atoms with Crippen LogP contribution in [0.25, 0.3) is 5.65 Å². The van der Waals surface area contributed by atoms with E-state index in [1.807, 2.05) is 35.0 Å². The monoisotopic (exact) mass is 145 g/mol. The average Bonchev–Trinajstić information content (AvgIpc) is 2.46. The van der Waals surface area contributed by atoms with Crippen molar-refractivity contribution in [2.45, 2.75) is 0 Å². The van der Waals surface area contributed by atoms with Gasteiger partial charge in [-0.1, -0.05) is 6.07 Å². The van der Waals surface area contributed by atoms with E-state index in [-0.39, 0.29) is 0 Å². The first-order valence-corrected chi connectivity index (χ1v) is 3.30. The molecule has 0 radical (unpaired) electrons. The second-order valence-corrected chi connectivity index (χ2v) is 2.22. The highest BCUT2D eigenvalue weighted by Crippen LogP contribution is 2.10. The summed E-state index contributed by atoms with van der Waals surface area (Å²) in [5.41, 5.74) is 0.898. The van der Waals surface area contributed by atoms with Crippen LogP contribution >= 0.6 is 0 Å². The van der Waals surface area contributed by atoms with Crippen molar-refractivity contribution in [3.63, 3.8) is 0 Å². The Balaban J connectivity index is 2.78. The van der Waals surface area contributed by atoms with Gasteiger partial charge >= 0.3 is 0 Å². The number of hydrogen-bond acceptors (Lipinski definition) is 2. The highest BCUT2D eigenvalue weighted by molar-refractivity contribution is 5.48. The van der Waals surface area contributed by atoms with Crippen molar-refractivity contribution in [1.82, 2.24) is 9.38 Å². The fraction of sp³-hybridized carbons (Fsp3) is 0. The number of imidazole rings is 1. The van der Waals surface area contributed by atoms with Gasteiger partial charge < -0.3 is 4.40 Å². The van der Waals surface area contributed by atoms with Gasteiger partial charge in [-0.3, -0.25) is 0 Å². The molecule has 2 aromatic rings. The molecule has 3 nitrogen and oxygen atoms in total. The van der Waals surface area contributed by atoms with Crippen LogP contribution in [0, 0.1) is 0 Å². The summed E-state index contributed by atoms with van der Waals surface area (Å²) in [6.45, 7) is 3.40. The van der Waals surface area contributed by atoms with Crippen LogP contribution in [0.3, 0.4) is 0 Å². The number of fused-ring (bicyclic) bond motifs is 1. The van der Waals surface area contributed by atoms with Gasteiger partial charge in [-0.2, -0.15) is 0 Å². The maximum Gasteiger partial charge on any atom is 0.170 e. The van der Waals surface area contributed by atoms with Gasteiger partial charge in [0.1, 0.15) is 5.65 Å². The molecule has 54 valence electrons. The summed E-state index contributed by atoms with van der Waals surface area (Å²) in [7, 11) is 0. The molecule has 0 amide bonds. The topological polar surface area (TPSA) is 29.7 Å². The standard InChI is InChI=1S/C8H7N3/c1-9-7-6-11-5-3-2-4-8(11)10-7/h2-6H,1H2. The Morgan fingerprint density at radius 3 is 3.09 bits per heavy atom. The smallest absolute Gasteiger partial charge is 0.170 e. The molecule has 2 heterocycles. The van der Waals surface area contributed by atoms with Crippen molar-refractivity contribution >= 4 is 18.2 Å². The molecule has 0 aliphatic rings. The molecule has 0 atom stereocenters. The van der Waals surface area contributed by atoms with Crippen LogP contribution in [0.15, 0.2) is 35.6 Å². The molecule has 0 N–H and O–H groups in total. The summed E-state index contributed by atoms with van der Waals surface area (Å²) in [5, 5.41) is 0. The molecule has 0 aromatic carbocycles. The van der Waals surface area contributed by atoms with Crippen molar-refractivity contribution in [1.29, 1.82) is 0 Å². The molecule has 0 saturated heterocycles. The second-order valence-electron chi connectivity index (χ2n) is 2.22. The molecular formula is C8H7N3. The van der Waals surface area contributed by atoms with Crippen LogP contribution in [-0.2, 0) is 0 Å². The van der Waals surface area contributed by atoms with Crippen LogP contribution in [0.1, 0.15) is 0 Å². The summed E-state index contributed by atoms with van der Waals surface area (Å²) in [6.07, 6.45) is 3.76. The maximum atomic E-state index is 4.16. The minimum atomic E-state index is 0.663. The fourth-order valence-corrected chi connectivity index (χ4v) is 0.997. The van der Waals surface area contributed by atoms with E-state index >= 15 is 0 Å². The van der Waals surface area contributed by atoms with Crippen LogP contribution in [0.2, 0.25) is 0 Å². The lowest BCUT2D eigenvalue weighted by Crippen LogP contribution is -1.77. The molecule has 3 heteroatoms. The van der Waals surface area contributed by atoms with Crippen LogP contribution in [0.5, 0.6) is 0 Å². The third-order valence-electron chi connectivity index (χ3n) is 1.51. The van der Waals surface area contributed by atoms with E-state index in [0.29, 0.717) is 5.82 Å². The highest BCUT2D eigenvalue weighted by atomic mass is 15.0. The lowest BCUT2D eigenvalue weighted by atomic mass is 10.5. The zero-order valence-corrected chi connectivity index (χ0v) is 5.94. The van der Waals surface area contributed by atoms with E-state index in [4.69, 9.17) is 0 Å². The molecular weight excluding hydrogens is 138 g/mol. The minimum absolute atomic E-state index is 0.663. The Hall–Kier alpha value is -1.64. The zero-order valence-electron chi connectivity index (χ0n) is 5.94. The predicted molar refractivity (Wildman–Crippen MR) is 44.4 cm³/mol. The van der Waals surface area contributed by atoms with Gasteiger partial charge in [0.05, 0.1) is 6.20 Å². The normalized spacial score (nSPS) is 10.2. The van der Waals surface area contributed by atoms with Gasteiger partial charge in [-0.25, -0.2) is 9.98 Å². The van der Waals surface area contributed by atoms with Crippen LogP contribution in [-0.4, -0.2) is 16.1 Å². The van der Waals surface area contributed by atoms with E-state index in [0.717, 1.165) is 5.65 Å². The molecule has 0 spiro atoms. The lowest BCUT2D eigenvalue weighted by molar-refractivity contribution is 1.19. The van der Waals surface area contributed by atoms with E-state index in [2.05, 4.69) is 16.7 Å². The third-order valence-corrected chi connectivity index (χ3v) is 1.51. The Labute approximate surface area is 64.0 Å². The van der Waals surface area contributed by atoms with Gasteiger partial charge in [0.15, 0.2) is 5.82 Å². The van der Waals surface area contributed by atoms with E-state index in [9.17, 15) is 0 Å². The maximum absolute atomic E-state index is 4.16. The number of rotatable bonds is 1. The SMILES string of the molecule is C=Nc1cn2ccccc2n1. The molecule has 0 aliphatic carbocycles. The van der Waals surface area contributed by atoms with Crippen LogP contribution in [0.4, 0.5) is 5.82 Å². The number of hydrogen-bond donors (Lipinski definition) is 0. The number of pyridine rings is 1. The zero-order chi connectivity index (χ0) is 7.68. The molecule has 0 fully saturated rings. The number of nitrogens with zero attached hydrogens (tertiary/aromatic N) is 3. The highest BCUT2D eigenvalue weighted by Gasteiger charge is 1.95.